The SMILES string of the molecule is C=Cc1ccccc1CS(=O)(=O)N1CCC[C@H](C(N)=O)C1. The second kappa shape index (κ2) is 6.41. The predicted molar refractivity (Wildman–Crippen MR) is 82.6 cm³/mol. The number of amides is 1. The molecule has 1 aromatic rings. The summed E-state index contributed by atoms with van der Waals surface area (Å²) in [6, 6.07) is 7.27. The van der Waals surface area contributed by atoms with Crippen LogP contribution in [0.25, 0.3) is 6.08 Å². The van der Waals surface area contributed by atoms with Crippen molar-refractivity contribution in [2.75, 3.05) is 13.1 Å². The highest BCUT2D eigenvalue weighted by atomic mass is 32.2. The van der Waals surface area contributed by atoms with Gasteiger partial charge in [0, 0.05) is 13.1 Å². The molecule has 1 saturated heterocycles. The van der Waals surface area contributed by atoms with Crippen LogP contribution in [-0.4, -0.2) is 31.7 Å². The Balaban J connectivity index is 2.18. The Kier molecular flexibility index (Phi) is 4.80. The number of piperidine rings is 1. The third-order valence-corrected chi connectivity index (χ3v) is 5.59. The first-order chi connectivity index (χ1) is 9.94. The van der Waals surface area contributed by atoms with E-state index in [0.29, 0.717) is 24.9 Å². The predicted octanol–water partition coefficient (Wildman–Crippen LogP) is 1.36. The number of primary amides is 1. The molecule has 1 aliphatic heterocycles. The van der Waals surface area contributed by atoms with Gasteiger partial charge in [0.15, 0.2) is 0 Å². The second-order valence-corrected chi connectivity index (χ2v) is 7.23. The molecule has 5 nitrogen and oxygen atoms in total. The number of carbonyl (C=O) groups excluding carboxylic acids is 1. The largest absolute Gasteiger partial charge is 0.369 e. The van der Waals surface area contributed by atoms with Crippen molar-refractivity contribution in [3.8, 4) is 0 Å². The van der Waals surface area contributed by atoms with Crippen molar-refractivity contribution in [3.63, 3.8) is 0 Å². The van der Waals surface area contributed by atoms with Crippen LogP contribution in [0.1, 0.15) is 24.0 Å². The number of rotatable bonds is 5. The van der Waals surface area contributed by atoms with Gasteiger partial charge in [-0.15, -0.1) is 0 Å². The Morgan fingerprint density at radius 1 is 1.43 bits per heavy atom. The van der Waals surface area contributed by atoms with E-state index in [0.717, 1.165) is 5.56 Å². The normalized spacial score (nSPS) is 20.1. The lowest BCUT2D eigenvalue weighted by atomic mass is 9.99. The quantitative estimate of drug-likeness (QED) is 0.891. The van der Waals surface area contributed by atoms with Gasteiger partial charge in [0.2, 0.25) is 15.9 Å². The Hall–Kier alpha value is -1.66. The summed E-state index contributed by atoms with van der Waals surface area (Å²) in [5, 5.41) is 0. The third-order valence-electron chi connectivity index (χ3n) is 3.79. The molecule has 0 unspecified atom stereocenters. The smallest absolute Gasteiger partial charge is 0.221 e. The van der Waals surface area contributed by atoms with Crippen LogP contribution < -0.4 is 5.73 Å². The maximum absolute atomic E-state index is 12.5. The highest BCUT2D eigenvalue weighted by Crippen LogP contribution is 2.22. The van der Waals surface area contributed by atoms with Crippen LogP contribution in [0.15, 0.2) is 30.8 Å². The minimum Gasteiger partial charge on any atom is -0.369 e. The lowest BCUT2D eigenvalue weighted by Gasteiger charge is -2.30. The Morgan fingerprint density at radius 2 is 2.14 bits per heavy atom. The van der Waals surface area contributed by atoms with Gasteiger partial charge in [0.05, 0.1) is 11.7 Å². The van der Waals surface area contributed by atoms with Gasteiger partial charge in [-0.3, -0.25) is 4.79 Å². The van der Waals surface area contributed by atoms with Crippen LogP contribution in [0, 0.1) is 5.92 Å². The molecule has 1 amide bonds. The summed E-state index contributed by atoms with van der Waals surface area (Å²) in [6.07, 6.45) is 2.97. The van der Waals surface area contributed by atoms with E-state index >= 15 is 0 Å². The molecule has 1 aromatic carbocycles. The Bertz CT molecular complexity index is 640. The average Bonchev–Trinajstić information content (AvgIpc) is 2.47. The molecular formula is C15H20N2O3S. The molecule has 2 rings (SSSR count). The summed E-state index contributed by atoms with van der Waals surface area (Å²) in [7, 11) is -3.46. The second-order valence-electron chi connectivity index (χ2n) is 5.26. The summed E-state index contributed by atoms with van der Waals surface area (Å²) >= 11 is 0. The van der Waals surface area contributed by atoms with E-state index in [1.807, 2.05) is 12.1 Å². The molecule has 1 atom stereocenters. The number of sulfonamides is 1. The summed E-state index contributed by atoms with van der Waals surface area (Å²) in [6.45, 7) is 4.33. The minimum absolute atomic E-state index is 0.0827. The van der Waals surface area contributed by atoms with Crippen molar-refractivity contribution >= 4 is 22.0 Å². The molecule has 0 aliphatic carbocycles. The van der Waals surface area contributed by atoms with E-state index < -0.39 is 15.9 Å². The number of carbonyl (C=O) groups is 1. The molecule has 0 radical (unpaired) electrons. The number of hydrogen-bond donors (Lipinski definition) is 1. The van der Waals surface area contributed by atoms with Gasteiger partial charge in [-0.25, -0.2) is 12.7 Å². The van der Waals surface area contributed by atoms with Crippen molar-refractivity contribution in [2.24, 2.45) is 11.7 Å². The van der Waals surface area contributed by atoms with E-state index in [9.17, 15) is 13.2 Å². The molecule has 2 N–H and O–H groups in total. The first-order valence-electron chi connectivity index (χ1n) is 6.91. The first kappa shape index (κ1) is 15.7. The van der Waals surface area contributed by atoms with Crippen LogP contribution in [0.3, 0.4) is 0 Å². The standard InChI is InChI=1S/C15H20N2O3S/c1-2-12-6-3-4-7-14(12)11-21(19,20)17-9-5-8-13(10-17)15(16)18/h2-4,6-7,13H,1,5,8-11H2,(H2,16,18)/t13-/m0/s1. The fraction of sp³-hybridized carbons (Fsp3) is 0.400. The summed E-state index contributed by atoms with van der Waals surface area (Å²) in [4.78, 5) is 11.3. The van der Waals surface area contributed by atoms with Gasteiger partial charge in [0.25, 0.3) is 0 Å². The van der Waals surface area contributed by atoms with Crippen molar-refractivity contribution in [1.82, 2.24) is 4.31 Å². The fourth-order valence-corrected chi connectivity index (χ4v) is 4.23. The molecule has 1 aliphatic rings. The van der Waals surface area contributed by atoms with E-state index in [4.69, 9.17) is 5.73 Å². The summed E-state index contributed by atoms with van der Waals surface area (Å²) < 4.78 is 26.4. The van der Waals surface area contributed by atoms with E-state index in [-0.39, 0.29) is 18.2 Å². The molecule has 1 heterocycles. The lowest BCUT2D eigenvalue weighted by molar-refractivity contribution is -0.122. The maximum atomic E-state index is 12.5. The van der Waals surface area contributed by atoms with Gasteiger partial charge in [-0.1, -0.05) is 36.9 Å². The minimum atomic E-state index is -3.46. The van der Waals surface area contributed by atoms with Crippen LogP contribution in [0.2, 0.25) is 0 Å². The molecule has 114 valence electrons. The third kappa shape index (κ3) is 3.71. The molecule has 0 spiro atoms. The van der Waals surface area contributed by atoms with Crippen molar-refractivity contribution in [2.45, 2.75) is 18.6 Å². The van der Waals surface area contributed by atoms with E-state index in [2.05, 4.69) is 6.58 Å². The van der Waals surface area contributed by atoms with Crippen molar-refractivity contribution in [1.29, 1.82) is 0 Å². The number of nitrogens with zero attached hydrogens (tertiary/aromatic N) is 1. The molecule has 0 saturated carbocycles. The average molecular weight is 308 g/mol. The van der Waals surface area contributed by atoms with E-state index in [1.54, 1.807) is 18.2 Å². The van der Waals surface area contributed by atoms with Gasteiger partial charge in [0.1, 0.15) is 0 Å². The highest BCUT2D eigenvalue weighted by molar-refractivity contribution is 7.88. The van der Waals surface area contributed by atoms with Gasteiger partial charge >= 0.3 is 0 Å². The van der Waals surface area contributed by atoms with Gasteiger partial charge in [-0.05, 0) is 24.0 Å². The topological polar surface area (TPSA) is 80.5 Å². The molecule has 6 heteroatoms. The Labute approximate surface area is 125 Å². The van der Waals surface area contributed by atoms with Crippen molar-refractivity contribution in [3.05, 3.63) is 42.0 Å². The zero-order valence-electron chi connectivity index (χ0n) is 11.9. The molecule has 1 fully saturated rings. The Morgan fingerprint density at radius 3 is 2.81 bits per heavy atom. The fourth-order valence-electron chi connectivity index (χ4n) is 2.58. The van der Waals surface area contributed by atoms with Gasteiger partial charge in [-0.2, -0.15) is 0 Å². The lowest BCUT2D eigenvalue weighted by Crippen LogP contribution is -2.44. The number of nitrogens with two attached hydrogens (primary N) is 1. The zero-order chi connectivity index (χ0) is 15.5. The molecular weight excluding hydrogens is 288 g/mol. The van der Waals surface area contributed by atoms with Crippen LogP contribution in [0.4, 0.5) is 0 Å². The molecule has 0 aromatic heterocycles. The first-order valence-corrected chi connectivity index (χ1v) is 8.52. The maximum Gasteiger partial charge on any atom is 0.221 e. The number of benzene rings is 1. The monoisotopic (exact) mass is 308 g/mol. The van der Waals surface area contributed by atoms with Crippen molar-refractivity contribution < 1.29 is 13.2 Å². The molecule has 0 bridgehead atoms. The summed E-state index contributed by atoms with van der Waals surface area (Å²) in [5.74, 6) is -0.898. The van der Waals surface area contributed by atoms with E-state index in [1.165, 1.54) is 4.31 Å². The van der Waals surface area contributed by atoms with Crippen LogP contribution >= 0.6 is 0 Å². The van der Waals surface area contributed by atoms with Gasteiger partial charge < -0.3 is 5.73 Å². The highest BCUT2D eigenvalue weighted by Gasteiger charge is 2.31. The van der Waals surface area contributed by atoms with Crippen LogP contribution in [0.5, 0.6) is 0 Å². The van der Waals surface area contributed by atoms with Crippen LogP contribution in [-0.2, 0) is 20.6 Å². The zero-order valence-corrected chi connectivity index (χ0v) is 12.7. The number of hydrogen-bond acceptors (Lipinski definition) is 3. The molecule has 21 heavy (non-hydrogen) atoms. The summed E-state index contributed by atoms with van der Waals surface area (Å²) in [5.41, 5.74) is 6.82.